The monoisotopic (exact) mass is 293 g/mol. The molecule has 112 valence electrons. The lowest BCUT2D eigenvalue weighted by Gasteiger charge is -2.18. The maximum absolute atomic E-state index is 12.3. The molecule has 0 fully saturated rings. The average molecular weight is 293 g/mol. The molecule has 0 aliphatic carbocycles. The molecule has 1 N–H and O–H groups in total. The number of fused-ring (bicyclic) bond motifs is 1. The fraction of sp³-hybridized carbons (Fsp3) is 0.211. The van der Waals surface area contributed by atoms with Crippen LogP contribution in [0.4, 0.5) is 0 Å². The maximum Gasteiger partial charge on any atom is 0.250 e. The lowest BCUT2D eigenvalue weighted by atomic mass is 10.0. The van der Waals surface area contributed by atoms with E-state index in [0.717, 1.165) is 11.3 Å². The predicted octanol–water partition coefficient (Wildman–Crippen LogP) is 3.38. The molecule has 3 nitrogen and oxygen atoms in total. The third-order valence-corrected chi connectivity index (χ3v) is 3.86. The van der Waals surface area contributed by atoms with Crippen LogP contribution >= 0.6 is 0 Å². The second-order valence-electron chi connectivity index (χ2n) is 5.52. The molecule has 1 heterocycles. The van der Waals surface area contributed by atoms with Gasteiger partial charge in [0.2, 0.25) is 0 Å². The molecule has 1 aliphatic heterocycles. The molecule has 1 aliphatic rings. The Labute approximate surface area is 130 Å². The molecule has 0 bridgehead atoms. The highest BCUT2D eigenvalue weighted by Gasteiger charge is 2.17. The lowest BCUT2D eigenvalue weighted by Crippen LogP contribution is -2.31. The zero-order valence-corrected chi connectivity index (χ0v) is 12.6. The van der Waals surface area contributed by atoms with Gasteiger partial charge in [-0.2, -0.15) is 0 Å². The van der Waals surface area contributed by atoms with Gasteiger partial charge in [0, 0.05) is 12.1 Å². The van der Waals surface area contributed by atoms with Crippen LogP contribution in [0.2, 0.25) is 0 Å². The Balaban J connectivity index is 1.62. The Morgan fingerprint density at radius 1 is 1.14 bits per heavy atom. The van der Waals surface area contributed by atoms with Gasteiger partial charge in [0.1, 0.15) is 12.4 Å². The highest BCUT2D eigenvalue weighted by molar-refractivity contribution is 5.99. The van der Waals surface area contributed by atoms with Gasteiger partial charge in [-0.3, -0.25) is 4.79 Å². The summed E-state index contributed by atoms with van der Waals surface area (Å²) in [6.45, 7) is 3.04. The van der Waals surface area contributed by atoms with Gasteiger partial charge in [0.25, 0.3) is 5.91 Å². The minimum atomic E-state index is -0.0581. The summed E-state index contributed by atoms with van der Waals surface area (Å²) in [5.74, 6) is 1.05. The molecule has 0 spiro atoms. The Morgan fingerprint density at radius 2 is 1.86 bits per heavy atom. The molecule has 2 aromatic rings. The summed E-state index contributed by atoms with van der Waals surface area (Å²) in [5.41, 5.74) is 2.84. The molecule has 22 heavy (non-hydrogen) atoms. The van der Waals surface area contributed by atoms with Gasteiger partial charge in [-0.25, -0.2) is 0 Å². The molecule has 3 heteroatoms. The van der Waals surface area contributed by atoms with E-state index in [-0.39, 0.29) is 11.8 Å². The molecule has 0 aromatic heterocycles. The Kier molecular flexibility index (Phi) is 4.24. The van der Waals surface area contributed by atoms with Crippen LogP contribution in [0.15, 0.2) is 60.2 Å². The highest BCUT2D eigenvalue weighted by atomic mass is 16.5. The van der Waals surface area contributed by atoms with E-state index in [4.69, 9.17) is 4.74 Å². The maximum atomic E-state index is 12.3. The summed E-state index contributed by atoms with van der Waals surface area (Å²) in [4.78, 5) is 12.3. The molecule has 0 unspecified atom stereocenters. The van der Waals surface area contributed by atoms with Crippen molar-refractivity contribution in [1.82, 2.24) is 5.32 Å². The van der Waals surface area contributed by atoms with Crippen LogP contribution in [0.3, 0.4) is 0 Å². The SMILES string of the molecule is C[C@H](CNC(=O)C1=Cc2ccccc2OC1)c1ccccc1. The summed E-state index contributed by atoms with van der Waals surface area (Å²) in [5, 5.41) is 2.99. The third-order valence-electron chi connectivity index (χ3n) is 3.86. The van der Waals surface area contributed by atoms with Gasteiger partial charge in [-0.05, 0) is 23.6 Å². The van der Waals surface area contributed by atoms with E-state index in [9.17, 15) is 4.79 Å². The van der Waals surface area contributed by atoms with E-state index in [2.05, 4.69) is 24.4 Å². The van der Waals surface area contributed by atoms with Crippen molar-refractivity contribution >= 4 is 12.0 Å². The van der Waals surface area contributed by atoms with Crippen molar-refractivity contribution in [2.24, 2.45) is 0 Å². The third kappa shape index (κ3) is 3.19. The van der Waals surface area contributed by atoms with Crippen molar-refractivity contribution in [1.29, 1.82) is 0 Å². The summed E-state index contributed by atoms with van der Waals surface area (Å²) >= 11 is 0. The van der Waals surface area contributed by atoms with Crippen molar-refractivity contribution in [2.75, 3.05) is 13.2 Å². The van der Waals surface area contributed by atoms with Gasteiger partial charge in [-0.1, -0.05) is 55.5 Å². The number of hydrogen-bond donors (Lipinski definition) is 1. The molecule has 1 atom stereocenters. The zero-order chi connectivity index (χ0) is 15.4. The van der Waals surface area contributed by atoms with Crippen LogP contribution in [0, 0.1) is 0 Å². The smallest absolute Gasteiger partial charge is 0.250 e. The largest absolute Gasteiger partial charge is 0.488 e. The van der Waals surface area contributed by atoms with Gasteiger partial charge in [-0.15, -0.1) is 0 Å². The number of carbonyl (C=O) groups is 1. The normalized spacial score (nSPS) is 14.3. The number of hydrogen-bond acceptors (Lipinski definition) is 2. The number of amides is 1. The van der Waals surface area contributed by atoms with E-state index in [1.54, 1.807) is 0 Å². The molecule has 0 saturated carbocycles. The second kappa shape index (κ2) is 6.48. The topological polar surface area (TPSA) is 38.3 Å². The highest BCUT2D eigenvalue weighted by Crippen LogP contribution is 2.25. The number of nitrogens with one attached hydrogen (secondary N) is 1. The fourth-order valence-corrected chi connectivity index (χ4v) is 2.51. The van der Waals surface area contributed by atoms with Gasteiger partial charge in [0.15, 0.2) is 0 Å². The number of ether oxygens (including phenoxy) is 1. The number of carbonyl (C=O) groups excluding carboxylic acids is 1. The summed E-state index contributed by atoms with van der Waals surface area (Å²) in [6, 6.07) is 17.9. The van der Waals surface area contributed by atoms with Crippen molar-refractivity contribution < 1.29 is 9.53 Å². The van der Waals surface area contributed by atoms with Gasteiger partial charge in [0.05, 0.1) is 5.57 Å². The summed E-state index contributed by atoms with van der Waals surface area (Å²) in [7, 11) is 0. The van der Waals surface area contributed by atoms with Crippen molar-refractivity contribution in [2.45, 2.75) is 12.8 Å². The Morgan fingerprint density at radius 3 is 2.68 bits per heavy atom. The molecular formula is C19H19NO2. The first kappa shape index (κ1) is 14.4. The van der Waals surface area contributed by atoms with E-state index in [1.807, 2.05) is 48.5 Å². The number of rotatable bonds is 4. The molecule has 2 aromatic carbocycles. The first-order chi connectivity index (χ1) is 10.7. The second-order valence-corrected chi connectivity index (χ2v) is 5.52. The Bertz CT molecular complexity index is 692. The van der Waals surface area contributed by atoms with Crippen molar-refractivity contribution in [3.63, 3.8) is 0 Å². The quantitative estimate of drug-likeness (QED) is 0.938. The van der Waals surface area contributed by atoms with Gasteiger partial charge < -0.3 is 10.1 Å². The van der Waals surface area contributed by atoms with Crippen LogP contribution in [0.1, 0.15) is 24.0 Å². The summed E-state index contributed by atoms with van der Waals surface area (Å²) in [6.07, 6.45) is 1.90. The standard InChI is InChI=1S/C19H19NO2/c1-14(15-7-3-2-4-8-15)12-20-19(21)17-11-16-9-5-6-10-18(16)22-13-17/h2-11,14H,12-13H2,1H3,(H,20,21)/t14-/m1/s1. The van der Waals surface area contributed by atoms with Crippen molar-refractivity contribution in [3.05, 3.63) is 71.3 Å². The van der Waals surface area contributed by atoms with Crippen molar-refractivity contribution in [3.8, 4) is 5.75 Å². The predicted molar refractivity (Wildman–Crippen MR) is 87.8 cm³/mol. The molecular weight excluding hydrogens is 274 g/mol. The first-order valence-electron chi connectivity index (χ1n) is 7.49. The first-order valence-corrected chi connectivity index (χ1v) is 7.49. The van der Waals surface area contributed by atoms with Crippen LogP contribution in [0.25, 0.3) is 6.08 Å². The van der Waals surface area contributed by atoms with E-state index in [1.165, 1.54) is 5.56 Å². The average Bonchev–Trinajstić information content (AvgIpc) is 2.59. The Hall–Kier alpha value is -2.55. The lowest BCUT2D eigenvalue weighted by molar-refractivity contribution is -0.117. The number of benzene rings is 2. The minimum absolute atomic E-state index is 0.0581. The van der Waals surface area contributed by atoms with Crippen LogP contribution in [0.5, 0.6) is 5.75 Å². The van der Waals surface area contributed by atoms with Crippen LogP contribution in [-0.4, -0.2) is 19.1 Å². The van der Waals surface area contributed by atoms with Crippen LogP contribution in [-0.2, 0) is 4.79 Å². The molecule has 0 radical (unpaired) electrons. The zero-order valence-electron chi connectivity index (χ0n) is 12.6. The van der Waals surface area contributed by atoms with Crippen LogP contribution < -0.4 is 10.1 Å². The molecule has 3 rings (SSSR count). The summed E-state index contributed by atoms with van der Waals surface area (Å²) < 4.78 is 5.62. The molecule has 1 amide bonds. The minimum Gasteiger partial charge on any atom is -0.488 e. The number of para-hydroxylation sites is 1. The van der Waals surface area contributed by atoms with Gasteiger partial charge >= 0.3 is 0 Å². The fourth-order valence-electron chi connectivity index (χ4n) is 2.51. The van der Waals surface area contributed by atoms with E-state index in [0.29, 0.717) is 18.7 Å². The van der Waals surface area contributed by atoms with E-state index >= 15 is 0 Å². The molecule has 0 saturated heterocycles. The van der Waals surface area contributed by atoms with E-state index < -0.39 is 0 Å².